The van der Waals surface area contributed by atoms with Crippen molar-refractivity contribution in [2.45, 2.75) is 25.6 Å². The van der Waals surface area contributed by atoms with E-state index in [-0.39, 0.29) is 12.3 Å². The lowest BCUT2D eigenvalue weighted by atomic mass is 9.96. The van der Waals surface area contributed by atoms with Crippen molar-refractivity contribution in [3.63, 3.8) is 0 Å². The van der Waals surface area contributed by atoms with Crippen LogP contribution in [0.2, 0.25) is 0 Å². The number of pyridine rings is 1. The van der Waals surface area contributed by atoms with Crippen LogP contribution in [-0.4, -0.2) is 15.7 Å². The topological polar surface area (TPSA) is 37.7 Å². The predicted molar refractivity (Wildman–Crippen MR) is 101 cm³/mol. The molecule has 0 spiro atoms. The molecule has 3 aromatic rings. The first kappa shape index (κ1) is 15.1. The van der Waals surface area contributed by atoms with Gasteiger partial charge in [-0.3, -0.25) is 4.98 Å². The Morgan fingerprint density at radius 2 is 1.85 bits per heavy atom. The zero-order valence-corrected chi connectivity index (χ0v) is 14.5. The number of hydrogen-bond acceptors (Lipinski definition) is 4. The Morgan fingerprint density at radius 3 is 2.65 bits per heavy atom. The fraction of sp³-hybridized carbons (Fsp3) is 0.182. The van der Waals surface area contributed by atoms with Crippen molar-refractivity contribution in [1.82, 2.24) is 9.99 Å². The van der Waals surface area contributed by atoms with Crippen LogP contribution in [0.1, 0.15) is 40.9 Å². The molecule has 128 valence electrons. The van der Waals surface area contributed by atoms with Gasteiger partial charge in [0.15, 0.2) is 0 Å². The van der Waals surface area contributed by atoms with E-state index in [2.05, 4.69) is 53.3 Å². The van der Waals surface area contributed by atoms with Gasteiger partial charge in [0.2, 0.25) is 6.23 Å². The molecule has 2 aliphatic heterocycles. The molecule has 0 unspecified atom stereocenters. The van der Waals surface area contributed by atoms with Crippen LogP contribution >= 0.6 is 0 Å². The van der Waals surface area contributed by atoms with Crippen LogP contribution < -0.4 is 4.74 Å². The maximum atomic E-state index is 6.31. The average Bonchev–Trinajstić information content (AvgIpc) is 3.14. The number of fused-ring (bicyclic) bond motifs is 3. The largest absolute Gasteiger partial charge is 0.464 e. The third-order valence-electron chi connectivity index (χ3n) is 5.05. The first-order chi connectivity index (χ1) is 12.8. The van der Waals surface area contributed by atoms with Crippen molar-refractivity contribution in [3.05, 3.63) is 95.3 Å². The summed E-state index contributed by atoms with van der Waals surface area (Å²) in [4.78, 5) is 4.26. The predicted octanol–water partition coefficient (Wildman–Crippen LogP) is 4.63. The minimum absolute atomic E-state index is 0.182. The third-order valence-corrected chi connectivity index (χ3v) is 5.05. The summed E-state index contributed by atoms with van der Waals surface area (Å²) in [6.07, 6.45) is 4.25. The van der Waals surface area contributed by atoms with Crippen LogP contribution in [0.25, 0.3) is 0 Å². The highest BCUT2D eigenvalue weighted by Crippen LogP contribution is 2.47. The molecule has 0 fully saturated rings. The summed E-state index contributed by atoms with van der Waals surface area (Å²) in [5.41, 5.74) is 5.74. The van der Waals surface area contributed by atoms with E-state index < -0.39 is 0 Å². The van der Waals surface area contributed by atoms with E-state index in [1.807, 2.05) is 30.5 Å². The number of hydrazone groups is 1. The highest BCUT2D eigenvalue weighted by atomic mass is 16.5. The molecule has 26 heavy (non-hydrogen) atoms. The molecule has 0 aliphatic carbocycles. The normalized spacial score (nSPS) is 20.8. The van der Waals surface area contributed by atoms with Gasteiger partial charge < -0.3 is 4.74 Å². The molecule has 2 aromatic carbocycles. The van der Waals surface area contributed by atoms with Crippen molar-refractivity contribution in [1.29, 1.82) is 0 Å². The molecule has 0 amide bonds. The van der Waals surface area contributed by atoms with Gasteiger partial charge in [0.25, 0.3) is 0 Å². The van der Waals surface area contributed by atoms with E-state index >= 15 is 0 Å². The Kier molecular flexibility index (Phi) is 3.49. The van der Waals surface area contributed by atoms with E-state index in [1.165, 1.54) is 16.7 Å². The highest BCUT2D eigenvalue weighted by molar-refractivity contribution is 6.02. The summed E-state index contributed by atoms with van der Waals surface area (Å²) < 4.78 is 6.31. The fourth-order valence-corrected chi connectivity index (χ4v) is 3.70. The Bertz CT molecular complexity index is 966. The van der Waals surface area contributed by atoms with E-state index in [0.717, 1.165) is 23.4 Å². The Balaban J connectivity index is 1.59. The van der Waals surface area contributed by atoms with Gasteiger partial charge in [-0.05, 0) is 24.6 Å². The van der Waals surface area contributed by atoms with Gasteiger partial charge in [0, 0.05) is 29.9 Å². The van der Waals surface area contributed by atoms with Crippen LogP contribution in [-0.2, 0) is 0 Å². The summed E-state index contributed by atoms with van der Waals surface area (Å²) in [6, 6.07) is 21.0. The second-order valence-corrected chi connectivity index (χ2v) is 6.81. The number of nitrogens with zero attached hydrogens (tertiary/aromatic N) is 3. The molecule has 1 aromatic heterocycles. The molecule has 3 heterocycles. The van der Waals surface area contributed by atoms with Crippen LogP contribution in [0.3, 0.4) is 0 Å². The number of rotatable bonds is 2. The van der Waals surface area contributed by atoms with Gasteiger partial charge >= 0.3 is 0 Å². The van der Waals surface area contributed by atoms with Crippen LogP contribution in [0.5, 0.6) is 5.75 Å². The number of hydrogen-bond donors (Lipinski definition) is 0. The number of aryl methyl sites for hydroxylation is 1. The molecule has 0 saturated carbocycles. The molecule has 4 heteroatoms. The summed E-state index contributed by atoms with van der Waals surface area (Å²) in [6.45, 7) is 2.10. The van der Waals surface area contributed by atoms with E-state index in [1.54, 1.807) is 6.20 Å². The summed E-state index contributed by atoms with van der Waals surface area (Å²) in [5, 5.41) is 7.06. The Labute approximate surface area is 152 Å². The molecule has 0 radical (unpaired) electrons. The van der Waals surface area contributed by atoms with Crippen LogP contribution in [0.15, 0.2) is 78.2 Å². The smallest absolute Gasteiger partial charge is 0.215 e. The Hall–Kier alpha value is -3.14. The molecule has 4 nitrogen and oxygen atoms in total. The second kappa shape index (κ2) is 5.99. The first-order valence-electron chi connectivity index (χ1n) is 8.88. The van der Waals surface area contributed by atoms with E-state index in [4.69, 9.17) is 9.84 Å². The van der Waals surface area contributed by atoms with Crippen molar-refractivity contribution in [2.24, 2.45) is 5.10 Å². The minimum atomic E-state index is -0.258. The van der Waals surface area contributed by atoms with Gasteiger partial charge in [-0.15, -0.1) is 0 Å². The van der Waals surface area contributed by atoms with Crippen LogP contribution in [0.4, 0.5) is 0 Å². The fourth-order valence-electron chi connectivity index (χ4n) is 3.70. The lowest BCUT2D eigenvalue weighted by Crippen LogP contribution is -2.33. The first-order valence-corrected chi connectivity index (χ1v) is 8.88. The monoisotopic (exact) mass is 341 g/mol. The van der Waals surface area contributed by atoms with Gasteiger partial charge in [-0.1, -0.05) is 54.1 Å². The van der Waals surface area contributed by atoms with Gasteiger partial charge in [-0.2, -0.15) is 5.10 Å². The molecule has 0 N–H and O–H groups in total. The lowest BCUT2D eigenvalue weighted by Gasteiger charge is -2.38. The van der Waals surface area contributed by atoms with Crippen molar-refractivity contribution < 1.29 is 4.74 Å². The second-order valence-electron chi connectivity index (χ2n) is 6.81. The van der Waals surface area contributed by atoms with Crippen molar-refractivity contribution in [3.8, 4) is 5.75 Å². The number of benzene rings is 2. The zero-order chi connectivity index (χ0) is 17.5. The molecule has 0 bridgehead atoms. The molecule has 5 rings (SSSR count). The SMILES string of the molecule is Cc1ccc(C2=NN3[C@H](C2)c2ccccc2O[C@@H]3c2cccnc2)cc1. The van der Waals surface area contributed by atoms with E-state index in [0.29, 0.717) is 0 Å². The van der Waals surface area contributed by atoms with E-state index in [9.17, 15) is 0 Å². The van der Waals surface area contributed by atoms with Gasteiger partial charge in [-0.25, -0.2) is 5.01 Å². The number of ether oxygens (including phenoxy) is 1. The van der Waals surface area contributed by atoms with Crippen molar-refractivity contribution >= 4 is 5.71 Å². The standard InChI is InChI=1S/C22H19N3O/c1-15-8-10-16(11-9-15)19-13-20-18-6-2-3-7-21(18)26-22(25(20)24-19)17-5-4-12-23-14-17/h2-12,14,20,22H,13H2,1H3/t20-,22-/m1/s1. The molecule has 0 saturated heterocycles. The maximum Gasteiger partial charge on any atom is 0.215 e. The number of para-hydroxylation sites is 1. The average molecular weight is 341 g/mol. The van der Waals surface area contributed by atoms with Gasteiger partial charge in [0.05, 0.1) is 11.8 Å². The molecule has 2 atom stereocenters. The van der Waals surface area contributed by atoms with Crippen molar-refractivity contribution in [2.75, 3.05) is 0 Å². The molecular formula is C22H19N3O. The lowest BCUT2D eigenvalue weighted by molar-refractivity contribution is -0.0192. The highest BCUT2D eigenvalue weighted by Gasteiger charge is 2.40. The minimum Gasteiger partial charge on any atom is -0.464 e. The number of aromatic nitrogens is 1. The summed E-state index contributed by atoms with van der Waals surface area (Å²) in [7, 11) is 0. The summed E-state index contributed by atoms with van der Waals surface area (Å²) in [5.74, 6) is 0.933. The zero-order valence-electron chi connectivity index (χ0n) is 14.5. The van der Waals surface area contributed by atoms with Gasteiger partial charge in [0.1, 0.15) is 5.75 Å². The maximum absolute atomic E-state index is 6.31. The quantitative estimate of drug-likeness (QED) is 0.682. The molecule has 2 aliphatic rings. The molecular weight excluding hydrogens is 322 g/mol. The summed E-state index contributed by atoms with van der Waals surface area (Å²) >= 11 is 0. The Morgan fingerprint density at radius 1 is 1.00 bits per heavy atom. The van der Waals surface area contributed by atoms with Crippen LogP contribution in [0, 0.1) is 6.92 Å². The third kappa shape index (κ3) is 2.46.